The van der Waals surface area contributed by atoms with Crippen LogP contribution in [0.3, 0.4) is 0 Å². The second-order valence-electron chi connectivity index (χ2n) is 7.04. The average Bonchev–Trinajstić information content (AvgIpc) is 2.94. The summed E-state index contributed by atoms with van der Waals surface area (Å²) in [7, 11) is 2.20. The number of ether oxygens (including phenoxy) is 2. The zero-order valence-electron chi connectivity index (χ0n) is 14.0. The predicted octanol–water partition coefficient (Wildman–Crippen LogP) is 4.12. The topological polar surface area (TPSA) is 21.7 Å². The molecule has 0 N–H and O–H groups in total. The summed E-state index contributed by atoms with van der Waals surface area (Å²) in [4.78, 5) is 2.41. The highest BCUT2D eigenvalue weighted by Gasteiger charge is 2.24. The van der Waals surface area contributed by atoms with Crippen LogP contribution < -0.4 is 9.47 Å². The van der Waals surface area contributed by atoms with Crippen molar-refractivity contribution in [3.05, 3.63) is 24.3 Å². The van der Waals surface area contributed by atoms with E-state index in [1.807, 2.05) is 6.07 Å². The minimum absolute atomic E-state index is 0.312. The normalized spacial score (nSPS) is 27.5. The summed E-state index contributed by atoms with van der Waals surface area (Å²) in [5, 5.41) is 0. The lowest BCUT2D eigenvalue weighted by Gasteiger charge is -2.24. The second kappa shape index (κ2) is 7.36. The largest absolute Gasteiger partial charge is 0.490 e. The molecule has 3 rings (SSSR count). The highest BCUT2D eigenvalue weighted by molar-refractivity contribution is 5.33. The minimum atomic E-state index is 0.312. The van der Waals surface area contributed by atoms with Crippen molar-refractivity contribution < 1.29 is 9.47 Å². The van der Waals surface area contributed by atoms with Crippen LogP contribution in [0.15, 0.2) is 24.3 Å². The lowest BCUT2D eigenvalue weighted by molar-refractivity contribution is 0.130. The molecule has 3 heteroatoms. The molecule has 2 atom stereocenters. The summed E-state index contributed by atoms with van der Waals surface area (Å²) < 4.78 is 12.4. The number of hydrogen-bond acceptors (Lipinski definition) is 3. The summed E-state index contributed by atoms with van der Waals surface area (Å²) in [5.74, 6) is 2.48. The van der Waals surface area contributed by atoms with Gasteiger partial charge >= 0.3 is 0 Å². The summed E-state index contributed by atoms with van der Waals surface area (Å²) in [6.07, 6.45) is 8.05. The van der Waals surface area contributed by atoms with Crippen LogP contribution in [0.4, 0.5) is 0 Å². The van der Waals surface area contributed by atoms with Crippen LogP contribution in [0.2, 0.25) is 0 Å². The van der Waals surface area contributed by atoms with E-state index in [9.17, 15) is 0 Å². The quantitative estimate of drug-likeness (QED) is 0.835. The molecule has 3 nitrogen and oxygen atoms in total. The number of hydrogen-bond donors (Lipinski definition) is 0. The molecule has 0 aromatic heterocycles. The minimum Gasteiger partial charge on any atom is -0.490 e. The van der Waals surface area contributed by atoms with E-state index in [2.05, 4.69) is 37.1 Å². The highest BCUT2D eigenvalue weighted by atomic mass is 16.5. The highest BCUT2D eigenvalue weighted by Crippen LogP contribution is 2.28. The predicted molar refractivity (Wildman–Crippen MR) is 89.6 cm³/mol. The average molecular weight is 303 g/mol. The van der Waals surface area contributed by atoms with E-state index in [1.54, 1.807) is 0 Å². The van der Waals surface area contributed by atoms with Gasteiger partial charge in [-0.15, -0.1) is 0 Å². The molecule has 0 radical (unpaired) electrons. The maximum atomic E-state index is 6.29. The van der Waals surface area contributed by atoms with Gasteiger partial charge in [0.1, 0.15) is 17.6 Å². The van der Waals surface area contributed by atoms with Gasteiger partial charge in [0.15, 0.2) is 0 Å². The molecule has 1 aliphatic heterocycles. The first-order chi connectivity index (χ1) is 10.7. The SMILES string of the molecule is CC1CN(C)CCCC1Oc1cccc(OC2CCCC2)c1. The fourth-order valence-electron chi connectivity index (χ4n) is 3.72. The van der Waals surface area contributed by atoms with E-state index in [-0.39, 0.29) is 0 Å². The molecule has 1 saturated heterocycles. The van der Waals surface area contributed by atoms with E-state index in [1.165, 1.54) is 38.6 Å². The van der Waals surface area contributed by atoms with Crippen LogP contribution in [0.5, 0.6) is 11.5 Å². The van der Waals surface area contributed by atoms with Crippen molar-refractivity contribution in [3.63, 3.8) is 0 Å². The van der Waals surface area contributed by atoms with Crippen LogP contribution >= 0.6 is 0 Å². The summed E-state index contributed by atoms with van der Waals surface area (Å²) in [5.41, 5.74) is 0. The first-order valence-corrected chi connectivity index (χ1v) is 8.82. The third-order valence-corrected chi connectivity index (χ3v) is 4.96. The first-order valence-electron chi connectivity index (χ1n) is 8.82. The van der Waals surface area contributed by atoms with Crippen molar-refractivity contribution in [2.24, 2.45) is 5.92 Å². The molecule has 0 spiro atoms. The molecule has 1 heterocycles. The van der Waals surface area contributed by atoms with Gasteiger partial charge < -0.3 is 14.4 Å². The van der Waals surface area contributed by atoms with E-state index in [0.717, 1.165) is 24.5 Å². The summed E-state index contributed by atoms with van der Waals surface area (Å²) >= 11 is 0. The lowest BCUT2D eigenvalue weighted by atomic mass is 10.0. The molecule has 122 valence electrons. The molecule has 1 aliphatic carbocycles. The summed E-state index contributed by atoms with van der Waals surface area (Å²) in [6.45, 7) is 4.59. The van der Waals surface area contributed by atoms with Crippen molar-refractivity contribution >= 4 is 0 Å². The standard InChI is InChI=1S/C19H29NO2/c1-15-14-20(2)12-6-11-19(15)22-18-10-5-9-17(13-18)21-16-7-3-4-8-16/h5,9-10,13,15-16,19H,3-4,6-8,11-12,14H2,1-2H3. The van der Waals surface area contributed by atoms with Crippen molar-refractivity contribution in [1.29, 1.82) is 0 Å². The Balaban J connectivity index is 1.61. The lowest BCUT2D eigenvalue weighted by Crippen LogP contribution is -2.30. The molecule has 2 fully saturated rings. The van der Waals surface area contributed by atoms with Gasteiger partial charge in [-0.25, -0.2) is 0 Å². The van der Waals surface area contributed by atoms with Crippen LogP contribution in [0.1, 0.15) is 45.4 Å². The van der Waals surface area contributed by atoms with Crippen LogP contribution in [0.25, 0.3) is 0 Å². The molecule has 1 saturated carbocycles. The molecular formula is C19H29NO2. The number of benzene rings is 1. The van der Waals surface area contributed by atoms with Crippen molar-refractivity contribution in [1.82, 2.24) is 4.90 Å². The Morgan fingerprint density at radius 3 is 2.50 bits per heavy atom. The Kier molecular flexibility index (Phi) is 5.24. The maximum absolute atomic E-state index is 6.29. The van der Waals surface area contributed by atoms with Crippen molar-refractivity contribution in [2.45, 2.75) is 57.7 Å². The third kappa shape index (κ3) is 4.16. The van der Waals surface area contributed by atoms with Crippen LogP contribution in [-0.4, -0.2) is 37.2 Å². The van der Waals surface area contributed by atoms with Gasteiger partial charge in [0, 0.05) is 18.5 Å². The van der Waals surface area contributed by atoms with Gasteiger partial charge in [0.2, 0.25) is 0 Å². The van der Waals surface area contributed by atoms with Gasteiger partial charge in [0.25, 0.3) is 0 Å². The molecule has 22 heavy (non-hydrogen) atoms. The zero-order chi connectivity index (χ0) is 15.4. The molecule has 2 aliphatic rings. The van der Waals surface area contributed by atoms with Crippen molar-refractivity contribution in [2.75, 3.05) is 20.1 Å². The molecule has 0 amide bonds. The van der Waals surface area contributed by atoms with Crippen LogP contribution in [-0.2, 0) is 0 Å². The Morgan fingerprint density at radius 2 is 1.73 bits per heavy atom. The van der Waals surface area contributed by atoms with Gasteiger partial charge in [-0.1, -0.05) is 13.0 Å². The molecule has 1 aromatic carbocycles. The number of rotatable bonds is 4. The second-order valence-corrected chi connectivity index (χ2v) is 7.04. The fourth-order valence-corrected chi connectivity index (χ4v) is 3.72. The monoisotopic (exact) mass is 303 g/mol. The molecule has 1 aromatic rings. The molecule has 0 bridgehead atoms. The van der Waals surface area contributed by atoms with Gasteiger partial charge in [-0.05, 0) is 64.3 Å². The maximum Gasteiger partial charge on any atom is 0.123 e. The van der Waals surface area contributed by atoms with Gasteiger partial charge in [0.05, 0.1) is 6.10 Å². The zero-order valence-corrected chi connectivity index (χ0v) is 14.0. The summed E-state index contributed by atoms with van der Waals surface area (Å²) in [6, 6.07) is 8.23. The van der Waals surface area contributed by atoms with E-state index < -0.39 is 0 Å². The molecule has 2 unspecified atom stereocenters. The third-order valence-electron chi connectivity index (χ3n) is 4.96. The fraction of sp³-hybridized carbons (Fsp3) is 0.684. The van der Waals surface area contributed by atoms with Gasteiger partial charge in [-0.2, -0.15) is 0 Å². The van der Waals surface area contributed by atoms with E-state index in [4.69, 9.17) is 9.47 Å². The first kappa shape index (κ1) is 15.7. The van der Waals surface area contributed by atoms with E-state index >= 15 is 0 Å². The van der Waals surface area contributed by atoms with Crippen LogP contribution in [0, 0.1) is 5.92 Å². The smallest absolute Gasteiger partial charge is 0.123 e. The Hall–Kier alpha value is -1.22. The number of nitrogens with zero attached hydrogens (tertiary/aromatic N) is 1. The Morgan fingerprint density at radius 1 is 1.00 bits per heavy atom. The number of likely N-dealkylation sites (tertiary alicyclic amines) is 1. The van der Waals surface area contributed by atoms with E-state index in [0.29, 0.717) is 18.1 Å². The van der Waals surface area contributed by atoms with Gasteiger partial charge in [-0.3, -0.25) is 0 Å². The van der Waals surface area contributed by atoms with Crippen molar-refractivity contribution in [3.8, 4) is 11.5 Å². The Bertz CT molecular complexity index is 470. The molecular weight excluding hydrogens is 274 g/mol. The Labute approximate surface area is 134 Å².